The van der Waals surface area contributed by atoms with Crippen molar-refractivity contribution in [2.75, 3.05) is 25.9 Å². The average molecular weight is 404 g/mol. The van der Waals surface area contributed by atoms with E-state index >= 15 is 0 Å². The highest BCUT2D eigenvalue weighted by Crippen LogP contribution is 2.29. The van der Waals surface area contributed by atoms with Gasteiger partial charge in [-0.1, -0.05) is 30.3 Å². The second-order valence-corrected chi connectivity index (χ2v) is 9.48. The van der Waals surface area contributed by atoms with Gasteiger partial charge in [0.1, 0.15) is 11.9 Å². The predicted octanol–water partition coefficient (Wildman–Crippen LogP) is 1.60. The number of carbonyl (C=O) groups is 1. The minimum Gasteiger partial charge on any atom is -0.341 e. The molecule has 0 bridgehead atoms. The van der Waals surface area contributed by atoms with Crippen molar-refractivity contribution < 1.29 is 13.2 Å². The summed E-state index contributed by atoms with van der Waals surface area (Å²) in [5.74, 6) is 1.70. The first kappa shape index (κ1) is 19.1. The molecule has 0 saturated carbocycles. The number of hydrogen-bond donors (Lipinski definition) is 1. The van der Waals surface area contributed by atoms with Crippen LogP contribution >= 0.6 is 0 Å². The lowest BCUT2D eigenvalue weighted by molar-refractivity contribution is -0.135. The number of aromatic nitrogens is 3. The monoisotopic (exact) mass is 403 g/mol. The maximum absolute atomic E-state index is 12.9. The van der Waals surface area contributed by atoms with E-state index in [1.165, 1.54) is 10.6 Å². The summed E-state index contributed by atoms with van der Waals surface area (Å²) in [6.07, 6.45) is 4.11. The molecule has 1 aromatic heterocycles. The van der Waals surface area contributed by atoms with Gasteiger partial charge in [-0.2, -0.15) is 9.40 Å². The molecular formula is C19H25N5O3S. The Morgan fingerprint density at radius 1 is 1.11 bits per heavy atom. The Kier molecular flexibility index (Phi) is 5.20. The lowest BCUT2D eigenvalue weighted by Crippen LogP contribution is -2.49. The normalized spacial score (nSPS) is 21.9. The van der Waals surface area contributed by atoms with Crippen molar-refractivity contribution in [2.24, 2.45) is 0 Å². The van der Waals surface area contributed by atoms with Crippen LogP contribution in [0.25, 0.3) is 11.4 Å². The zero-order valence-corrected chi connectivity index (χ0v) is 16.7. The molecule has 2 saturated heterocycles. The van der Waals surface area contributed by atoms with Gasteiger partial charge in [0.05, 0.1) is 6.26 Å². The molecular weight excluding hydrogens is 378 g/mol. The fraction of sp³-hybridized carbons (Fsp3) is 0.526. The summed E-state index contributed by atoms with van der Waals surface area (Å²) in [6, 6.07) is 9.28. The number of aromatic amines is 1. The molecule has 0 radical (unpaired) electrons. The van der Waals surface area contributed by atoms with E-state index in [0.29, 0.717) is 31.9 Å². The fourth-order valence-corrected chi connectivity index (χ4v) is 5.26. The summed E-state index contributed by atoms with van der Waals surface area (Å²) in [5, 5.41) is 7.37. The van der Waals surface area contributed by atoms with Crippen LogP contribution in [0, 0.1) is 0 Å². The van der Waals surface area contributed by atoms with E-state index in [1.54, 1.807) is 4.90 Å². The molecule has 2 aliphatic rings. The Morgan fingerprint density at radius 2 is 1.82 bits per heavy atom. The highest BCUT2D eigenvalue weighted by Gasteiger charge is 2.39. The minimum absolute atomic E-state index is 0.0658. The van der Waals surface area contributed by atoms with Gasteiger partial charge >= 0.3 is 0 Å². The van der Waals surface area contributed by atoms with E-state index in [9.17, 15) is 13.2 Å². The molecule has 1 aromatic carbocycles. The highest BCUT2D eigenvalue weighted by atomic mass is 32.2. The molecule has 1 N–H and O–H groups in total. The van der Waals surface area contributed by atoms with Crippen LogP contribution < -0.4 is 0 Å². The maximum atomic E-state index is 12.9. The number of nitrogens with zero attached hydrogens (tertiary/aromatic N) is 4. The van der Waals surface area contributed by atoms with E-state index in [2.05, 4.69) is 15.2 Å². The first-order valence-electron chi connectivity index (χ1n) is 9.67. The van der Waals surface area contributed by atoms with Crippen molar-refractivity contribution in [1.82, 2.24) is 24.4 Å². The third kappa shape index (κ3) is 3.81. The van der Waals surface area contributed by atoms with Crippen LogP contribution in [-0.4, -0.2) is 70.6 Å². The molecule has 1 atom stereocenters. The van der Waals surface area contributed by atoms with Gasteiger partial charge in [-0.05, 0) is 25.7 Å². The molecule has 4 rings (SSSR count). The van der Waals surface area contributed by atoms with E-state index in [4.69, 9.17) is 0 Å². The third-order valence-corrected chi connectivity index (χ3v) is 6.93. The lowest BCUT2D eigenvalue weighted by Gasteiger charge is -2.34. The molecule has 3 heterocycles. The zero-order valence-electron chi connectivity index (χ0n) is 15.9. The second-order valence-electron chi connectivity index (χ2n) is 7.54. The van der Waals surface area contributed by atoms with Gasteiger partial charge in [-0.3, -0.25) is 9.89 Å². The van der Waals surface area contributed by atoms with Gasteiger partial charge < -0.3 is 4.90 Å². The Morgan fingerprint density at radius 3 is 2.50 bits per heavy atom. The summed E-state index contributed by atoms with van der Waals surface area (Å²) in [4.78, 5) is 19.3. The van der Waals surface area contributed by atoms with Crippen LogP contribution in [0.1, 0.15) is 37.4 Å². The number of likely N-dealkylation sites (tertiary alicyclic amines) is 1. The third-order valence-electron chi connectivity index (χ3n) is 5.64. The molecule has 0 aliphatic carbocycles. The first-order valence-corrected chi connectivity index (χ1v) is 11.5. The van der Waals surface area contributed by atoms with Crippen molar-refractivity contribution in [1.29, 1.82) is 0 Å². The minimum atomic E-state index is -3.35. The summed E-state index contributed by atoms with van der Waals surface area (Å²) in [6.45, 7) is 1.66. The largest absolute Gasteiger partial charge is 0.341 e. The number of nitrogens with one attached hydrogen (secondary N) is 1. The summed E-state index contributed by atoms with van der Waals surface area (Å²) < 4.78 is 25.2. The number of hydrogen-bond acceptors (Lipinski definition) is 5. The fourth-order valence-electron chi connectivity index (χ4n) is 4.14. The summed E-state index contributed by atoms with van der Waals surface area (Å²) in [5.41, 5.74) is 0.972. The summed E-state index contributed by atoms with van der Waals surface area (Å²) in [7, 11) is -3.35. The van der Waals surface area contributed by atoms with E-state index in [-0.39, 0.29) is 11.8 Å². The predicted molar refractivity (Wildman–Crippen MR) is 105 cm³/mol. The van der Waals surface area contributed by atoms with Crippen molar-refractivity contribution in [2.45, 2.75) is 37.6 Å². The van der Waals surface area contributed by atoms with Gasteiger partial charge in [0.25, 0.3) is 0 Å². The van der Waals surface area contributed by atoms with Crippen LogP contribution in [0.2, 0.25) is 0 Å². The van der Waals surface area contributed by atoms with Crippen LogP contribution in [0.4, 0.5) is 0 Å². The summed E-state index contributed by atoms with van der Waals surface area (Å²) >= 11 is 0. The molecule has 1 amide bonds. The smallest absolute Gasteiger partial charge is 0.241 e. The molecule has 2 aliphatic heterocycles. The lowest BCUT2D eigenvalue weighted by atomic mass is 9.95. The number of sulfonamides is 1. The zero-order chi connectivity index (χ0) is 19.7. The number of benzene rings is 1. The molecule has 9 heteroatoms. The Bertz CT molecular complexity index is 935. The van der Waals surface area contributed by atoms with E-state index in [0.717, 1.165) is 30.7 Å². The van der Waals surface area contributed by atoms with Gasteiger partial charge in [0, 0.05) is 31.1 Å². The topological polar surface area (TPSA) is 99.3 Å². The van der Waals surface area contributed by atoms with E-state index in [1.807, 2.05) is 30.3 Å². The first-order chi connectivity index (χ1) is 13.4. The molecule has 150 valence electrons. The molecule has 28 heavy (non-hydrogen) atoms. The number of H-pyrrole nitrogens is 1. The van der Waals surface area contributed by atoms with E-state index < -0.39 is 16.1 Å². The van der Waals surface area contributed by atoms with Crippen molar-refractivity contribution in [3.05, 3.63) is 36.2 Å². The Labute approximate surface area is 165 Å². The molecule has 8 nitrogen and oxygen atoms in total. The number of rotatable bonds is 4. The number of amides is 1. The van der Waals surface area contributed by atoms with Crippen LogP contribution in [0.5, 0.6) is 0 Å². The number of carbonyl (C=O) groups excluding carboxylic acids is 1. The standard InChI is InChI=1S/C19H25N5O3S/c1-28(26,27)24-11-5-8-16(24)19(25)23-12-9-15(10-13-23)18-20-17(21-22-18)14-6-3-2-4-7-14/h2-4,6-7,15-16H,5,8-13H2,1H3,(H,20,21,22)/t16-/m1/s1. The average Bonchev–Trinajstić information content (AvgIpc) is 3.38. The Hall–Kier alpha value is -2.26. The van der Waals surface area contributed by atoms with Gasteiger partial charge in [-0.15, -0.1) is 0 Å². The second kappa shape index (κ2) is 7.63. The van der Waals surface area contributed by atoms with Crippen molar-refractivity contribution in [3.8, 4) is 11.4 Å². The van der Waals surface area contributed by atoms with Crippen LogP contribution in [0.3, 0.4) is 0 Å². The maximum Gasteiger partial charge on any atom is 0.241 e. The molecule has 2 fully saturated rings. The van der Waals surface area contributed by atoms with Crippen molar-refractivity contribution >= 4 is 15.9 Å². The SMILES string of the molecule is CS(=O)(=O)N1CCC[C@@H]1C(=O)N1CCC(c2nc(-c3ccccc3)n[nH]2)CC1. The van der Waals surface area contributed by atoms with Crippen molar-refractivity contribution in [3.63, 3.8) is 0 Å². The van der Waals surface area contributed by atoms with Gasteiger partial charge in [-0.25, -0.2) is 13.4 Å². The quantitative estimate of drug-likeness (QED) is 0.836. The van der Waals surface area contributed by atoms with Gasteiger partial charge in [0.15, 0.2) is 5.82 Å². The number of piperidine rings is 1. The molecule has 0 unspecified atom stereocenters. The Balaban J connectivity index is 1.39. The van der Waals surface area contributed by atoms with Gasteiger partial charge in [0.2, 0.25) is 15.9 Å². The molecule has 2 aromatic rings. The molecule has 0 spiro atoms. The highest BCUT2D eigenvalue weighted by molar-refractivity contribution is 7.88. The van der Waals surface area contributed by atoms with Crippen LogP contribution in [0.15, 0.2) is 30.3 Å². The van der Waals surface area contributed by atoms with Crippen LogP contribution in [-0.2, 0) is 14.8 Å².